The molecule has 0 saturated carbocycles. The topological polar surface area (TPSA) is 47.6 Å². The van der Waals surface area contributed by atoms with Crippen molar-refractivity contribution in [3.05, 3.63) is 29.8 Å². The molecular formula is C13H15NO3. The van der Waals surface area contributed by atoms with E-state index in [0.29, 0.717) is 31.0 Å². The van der Waals surface area contributed by atoms with Crippen LogP contribution >= 0.6 is 0 Å². The van der Waals surface area contributed by atoms with Gasteiger partial charge in [0.2, 0.25) is 0 Å². The molecule has 90 valence electrons. The Morgan fingerprint density at radius 2 is 2.12 bits per heavy atom. The third-order valence-corrected chi connectivity index (χ3v) is 2.05. The van der Waals surface area contributed by atoms with Gasteiger partial charge in [0, 0.05) is 6.54 Å². The van der Waals surface area contributed by atoms with Gasteiger partial charge >= 0.3 is 5.97 Å². The molecule has 0 atom stereocenters. The maximum Gasteiger partial charge on any atom is 0.337 e. The van der Waals surface area contributed by atoms with Crippen LogP contribution in [-0.2, 0) is 4.74 Å². The van der Waals surface area contributed by atoms with Gasteiger partial charge in [0.15, 0.2) is 0 Å². The fourth-order valence-corrected chi connectivity index (χ4v) is 1.21. The number of carbonyl (C=O) groups excluding carboxylic acids is 1. The van der Waals surface area contributed by atoms with E-state index < -0.39 is 0 Å². The average Bonchev–Trinajstić information content (AvgIpc) is 2.38. The molecule has 1 aromatic rings. The van der Waals surface area contributed by atoms with Crippen LogP contribution in [0.4, 0.5) is 0 Å². The van der Waals surface area contributed by atoms with Crippen LogP contribution in [-0.4, -0.2) is 32.8 Å². The van der Waals surface area contributed by atoms with Gasteiger partial charge < -0.3 is 14.8 Å². The quantitative estimate of drug-likeness (QED) is 0.453. The van der Waals surface area contributed by atoms with Gasteiger partial charge in [0.05, 0.1) is 19.2 Å². The molecule has 1 N–H and O–H groups in total. The standard InChI is InChI=1S/C13H15NO3/c1-3-8-14-9-10-17-12-6-4-11(5-7-12)13(15)16-2/h1,4-7,14H,8-10H2,2H3. The number of rotatable bonds is 6. The third kappa shape index (κ3) is 4.58. The van der Waals surface area contributed by atoms with E-state index in [1.54, 1.807) is 24.3 Å². The molecule has 0 aromatic heterocycles. The number of methoxy groups -OCH3 is 1. The first-order valence-corrected chi connectivity index (χ1v) is 5.23. The number of terminal acetylenes is 1. The van der Waals surface area contributed by atoms with E-state index in [0.717, 1.165) is 0 Å². The van der Waals surface area contributed by atoms with Crippen molar-refractivity contribution in [2.24, 2.45) is 0 Å². The highest BCUT2D eigenvalue weighted by Crippen LogP contribution is 2.12. The Morgan fingerprint density at radius 3 is 2.71 bits per heavy atom. The number of benzene rings is 1. The minimum atomic E-state index is -0.354. The fraction of sp³-hybridized carbons (Fsp3) is 0.308. The molecule has 0 saturated heterocycles. The summed E-state index contributed by atoms with van der Waals surface area (Å²) in [7, 11) is 1.35. The molecule has 0 amide bonds. The van der Waals surface area contributed by atoms with Crippen molar-refractivity contribution in [1.82, 2.24) is 5.32 Å². The fourth-order valence-electron chi connectivity index (χ4n) is 1.21. The number of esters is 1. The molecule has 0 aliphatic heterocycles. The van der Waals surface area contributed by atoms with Gasteiger partial charge in [0.25, 0.3) is 0 Å². The van der Waals surface area contributed by atoms with Crippen LogP contribution < -0.4 is 10.1 Å². The van der Waals surface area contributed by atoms with E-state index in [2.05, 4.69) is 16.0 Å². The summed E-state index contributed by atoms with van der Waals surface area (Å²) in [6.45, 7) is 1.74. The molecule has 0 bridgehead atoms. The van der Waals surface area contributed by atoms with Crippen molar-refractivity contribution in [2.45, 2.75) is 0 Å². The summed E-state index contributed by atoms with van der Waals surface area (Å²) in [5.41, 5.74) is 0.505. The number of carbonyl (C=O) groups is 1. The van der Waals surface area contributed by atoms with E-state index in [4.69, 9.17) is 11.2 Å². The maximum absolute atomic E-state index is 11.2. The Balaban J connectivity index is 2.36. The SMILES string of the molecule is C#CCNCCOc1ccc(C(=O)OC)cc1. The van der Waals surface area contributed by atoms with E-state index in [9.17, 15) is 4.79 Å². The average molecular weight is 233 g/mol. The van der Waals surface area contributed by atoms with Crippen molar-refractivity contribution in [3.8, 4) is 18.1 Å². The van der Waals surface area contributed by atoms with Gasteiger partial charge in [-0.3, -0.25) is 0 Å². The number of ether oxygens (including phenoxy) is 2. The van der Waals surface area contributed by atoms with Crippen LogP contribution in [0.2, 0.25) is 0 Å². The second-order valence-corrected chi connectivity index (χ2v) is 3.25. The molecule has 0 radical (unpaired) electrons. The second-order valence-electron chi connectivity index (χ2n) is 3.25. The van der Waals surface area contributed by atoms with Crippen LogP contribution in [0.5, 0.6) is 5.75 Å². The lowest BCUT2D eigenvalue weighted by Gasteiger charge is -2.06. The molecule has 4 nitrogen and oxygen atoms in total. The molecule has 17 heavy (non-hydrogen) atoms. The zero-order chi connectivity index (χ0) is 12.5. The molecule has 0 aliphatic carbocycles. The highest BCUT2D eigenvalue weighted by atomic mass is 16.5. The summed E-state index contributed by atoms with van der Waals surface area (Å²) in [5.74, 6) is 2.83. The van der Waals surface area contributed by atoms with Gasteiger partial charge in [-0.1, -0.05) is 5.92 Å². The molecule has 0 aliphatic rings. The maximum atomic E-state index is 11.2. The lowest BCUT2D eigenvalue weighted by Crippen LogP contribution is -2.21. The van der Waals surface area contributed by atoms with E-state index in [-0.39, 0.29) is 5.97 Å². The van der Waals surface area contributed by atoms with Crippen LogP contribution in [0, 0.1) is 12.3 Å². The summed E-state index contributed by atoms with van der Waals surface area (Å²) < 4.78 is 10.0. The first kappa shape index (κ1) is 13.1. The Morgan fingerprint density at radius 1 is 1.41 bits per heavy atom. The zero-order valence-electron chi connectivity index (χ0n) is 9.73. The summed E-state index contributed by atoms with van der Waals surface area (Å²) in [6.07, 6.45) is 5.08. The predicted octanol–water partition coefficient (Wildman–Crippen LogP) is 1.07. The minimum Gasteiger partial charge on any atom is -0.492 e. The second kappa shape index (κ2) is 7.31. The lowest BCUT2D eigenvalue weighted by atomic mass is 10.2. The number of hydrogen-bond donors (Lipinski definition) is 1. The molecule has 0 unspecified atom stereocenters. The van der Waals surface area contributed by atoms with Gasteiger partial charge in [-0.2, -0.15) is 0 Å². The van der Waals surface area contributed by atoms with Gasteiger partial charge in [-0.25, -0.2) is 4.79 Å². The number of nitrogens with one attached hydrogen (secondary N) is 1. The van der Waals surface area contributed by atoms with Crippen molar-refractivity contribution in [3.63, 3.8) is 0 Å². The van der Waals surface area contributed by atoms with Crippen molar-refractivity contribution in [1.29, 1.82) is 0 Å². The van der Waals surface area contributed by atoms with Crippen molar-refractivity contribution >= 4 is 5.97 Å². The molecule has 0 spiro atoms. The van der Waals surface area contributed by atoms with Gasteiger partial charge in [0.1, 0.15) is 12.4 Å². The predicted molar refractivity (Wildman–Crippen MR) is 65.0 cm³/mol. The zero-order valence-corrected chi connectivity index (χ0v) is 9.73. The summed E-state index contributed by atoms with van der Waals surface area (Å²) >= 11 is 0. The largest absolute Gasteiger partial charge is 0.492 e. The Hall–Kier alpha value is -1.99. The minimum absolute atomic E-state index is 0.354. The summed E-state index contributed by atoms with van der Waals surface area (Å²) in [6, 6.07) is 6.78. The van der Waals surface area contributed by atoms with Crippen LogP contribution in [0.15, 0.2) is 24.3 Å². The first-order valence-electron chi connectivity index (χ1n) is 5.23. The van der Waals surface area contributed by atoms with E-state index in [1.807, 2.05) is 0 Å². The molecule has 0 heterocycles. The summed E-state index contributed by atoms with van der Waals surface area (Å²) in [4.78, 5) is 11.2. The van der Waals surface area contributed by atoms with E-state index >= 15 is 0 Å². The molecule has 0 fully saturated rings. The third-order valence-electron chi connectivity index (χ3n) is 2.05. The van der Waals surface area contributed by atoms with Gasteiger partial charge in [-0.05, 0) is 24.3 Å². The molecule has 4 heteroatoms. The number of hydrogen-bond acceptors (Lipinski definition) is 4. The van der Waals surface area contributed by atoms with Crippen molar-refractivity contribution < 1.29 is 14.3 Å². The smallest absolute Gasteiger partial charge is 0.337 e. The van der Waals surface area contributed by atoms with Crippen LogP contribution in [0.25, 0.3) is 0 Å². The Labute approximate surface area is 101 Å². The van der Waals surface area contributed by atoms with Crippen molar-refractivity contribution in [2.75, 3.05) is 26.8 Å². The van der Waals surface area contributed by atoms with Crippen LogP contribution in [0.1, 0.15) is 10.4 Å². The molecule has 1 rings (SSSR count). The highest BCUT2D eigenvalue weighted by Gasteiger charge is 2.04. The normalized spacial score (nSPS) is 9.41. The summed E-state index contributed by atoms with van der Waals surface area (Å²) in [5, 5.41) is 3.01. The van der Waals surface area contributed by atoms with Gasteiger partial charge in [-0.15, -0.1) is 6.42 Å². The molecule has 1 aromatic carbocycles. The highest BCUT2D eigenvalue weighted by molar-refractivity contribution is 5.89. The molecular weight excluding hydrogens is 218 g/mol. The monoisotopic (exact) mass is 233 g/mol. The van der Waals surface area contributed by atoms with Crippen LogP contribution in [0.3, 0.4) is 0 Å². The Kier molecular flexibility index (Phi) is 5.62. The lowest BCUT2D eigenvalue weighted by molar-refractivity contribution is 0.0600. The van der Waals surface area contributed by atoms with E-state index in [1.165, 1.54) is 7.11 Å². The first-order chi connectivity index (χ1) is 8.27. The Bertz CT molecular complexity index is 392.